The molecule has 1 atom stereocenters. The number of hydrogen-bond donors (Lipinski definition) is 1. The summed E-state index contributed by atoms with van der Waals surface area (Å²) in [5.74, 6) is 1.63. The third-order valence-electron chi connectivity index (χ3n) is 4.06. The van der Waals surface area contributed by atoms with Crippen molar-refractivity contribution < 1.29 is 9.53 Å². The van der Waals surface area contributed by atoms with Crippen molar-refractivity contribution >= 4 is 29.0 Å². The van der Waals surface area contributed by atoms with E-state index >= 15 is 0 Å². The number of allylic oxidation sites excluding steroid dienone is 1. The van der Waals surface area contributed by atoms with E-state index in [0.717, 1.165) is 16.2 Å². The Bertz CT molecular complexity index is 938. The Morgan fingerprint density at radius 3 is 2.89 bits per heavy atom. The number of para-hydroxylation sites is 1. The van der Waals surface area contributed by atoms with Crippen LogP contribution in [-0.4, -0.2) is 33.5 Å². The molecule has 3 aromatic rings. The summed E-state index contributed by atoms with van der Waals surface area (Å²) in [7, 11) is 1.63. The minimum absolute atomic E-state index is 0.0108. The topological polar surface area (TPSA) is 69.0 Å². The average molecular weight is 415 g/mol. The molecule has 0 aliphatic heterocycles. The van der Waals surface area contributed by atoms with Gasteiger partial charge in [0.25, 0.3) is 0 Å². The van der Waals surface area contributed by atoms with Crippen molar-refractivity contribution in [3.8, 4) is 17.1 Å². The summed E-state index contributed by atoms with van der Waals surface area (Å²) in [6.07, 6.45) is 1.78. The molecule has 0 saturated carbocycles. The normalized spacial score (nSPS) is 11.8. The highest BCUT2D eigenvalue weighted by molar-refractivity contribution is 7.99. The Kier molecular flexibility index (Phi) is 6.89. The van der Waals surface area contributed by atoms with Crippen LogP contribution in [0.5, 0.6) is 5.75 Å². The van der Waals surface area contributed by atoms with Crippen LogP contribution in [0.25, 0.3) is 11.4 Å². The molecule has 28 heavy (non-hydrogen) atoms. The van der Waals surface area contributed by atoms with Gasteiger partial charge >= 0.3 is 0 Å². The van der Waals surface area contributed by atoms with Crippen molar-refractivity contribution in [2.24, 2.45) is 0 Å². The first-order valence-electron chi connectivity index (χ1n) is 8.77. The highest BCUT2D eigenvalue weighted by Crippen LogP contribution is 2.31. The summed E-state index contributed by atoms with van der Waals surface area (Å²) in [6.45, 7) is 6.34. The van der Waals surface area contributed by atoms with Crippen LogP contribution in [-0.2, 0) is 11.3 Å². The Hall–Kier alpha value is -2.58. The van der Waals surface area contributed by atoms with Gasteiger partial charge in [0.1, 0.15) is 5.75 Å². The number of aromatic nitrogens is 3. The molecule has 0 aliphatic carbocycles. The van der Waals surface area contributed by atoms with E-state index in [1.54, 1.807) is 24.5 Å². The molecule has 146 valence electrons. The zero-order valence-corrected chi connectivity index (χ0v) is 17.4. The monoisotopic (exact) mass is 414 g/mol. The van der Waals surface area contributed by atoms with E-state index in [4.69, 9.17) is 4.74 Å². The van der Waals surface area contributed by atoms with E-state index in [0.29, 0.717) is 17.5 Å². The smallest absolute Gasteiger partial charge is 0.230 e. The summed E-state index contributed by atoms with van der Waals surface area (Å²) >= 11 is 2.99. The molecule has 1 aromatic carbocycles. The second-order valence-corrected chi connectivity index (χ2v) is 7.92. The van der Waals surface area contributed by atoms with Crippen LogP contribution >= 0.6 is 23.1 Å². The van der Waals surface area contributed by atoms with Crippen molar-refractivity contribution in [2.75, 3.05) is 12.9 Å². The van der Waals surface area contributed by atoms with Crippen LogP contribution < -0.4 is 10.1 Å². The third kappa shape index (κ3) is 4.63. The molecule has 3 rings (SSSR count). The summed E-state index contributed by atoms with van der Waals surface area (Å²) in [5, 5.41) is 14.3. The lowest BCUT2D eigenvalue weighted by atomic mass is 10.2. The van der Waals surface area contributed by atoms with Crippen molar-refractivity contribution in [1.82, 2.24) is 20.1 Å². The molecular formula is C20H22N4O2S2. The lowest BCUT2D eigenvalue weighted by Gasteiger charge is -2.12. The summed E-state index contributed by atoms with van der Waals surface area (Å²) in [4.78, 5) is 13.5. The predicted molar refractivity (Wildman–Crippen MR) is 114 cm³/mol. The van der Waals surface area contributed by atoms with E-state index in [9.17, 15) is 4.79 Å². The zero-order valence-electron chi connectivity index (χ0n) is 15.8. The van der Waals surface area contributed by atoms with Crippen LogP contribution in [0, 0.1) is 0 Å². The Morgan fingerprint density at radius 2 is 2.18 bits per heavy atom. The first-order chi connectivity index (χ1) is 13.6. The van der Waals surface area contributed by atoms with Gasteiger partial charge in [0.2, 0.25) is 5.91 Å². The molecule has 0 fully saturated rings. The van der Waals surface area contributed by atoms with Crippen molar-refractivity contribution in [1.29, 1.82) is 0 Å². The van der Waals surface area contributed by atoms with Gasteiger partial charge in [-0.2, -0.15) is 0 Å². The fourth-order valence-corrected chi connectivity index (χ4v) is 4.23. The molecule has 8 heteroatoms. The van der Waals surface area contributed by atoms with Gasteiger partial charge in [0.15, 0.2) is 11.0 Å². The quantitative estimate of drug-likeness (QED) is 0.420. The summed E-state index contributed by atoms with van der Waals surface area (Å²) in [5.41, 5.74) is 0.849. The maximum absolute atomic E-state index is 12.3. The second-order valence-electron chi connectivity index (χ2n) is 6.00. The van der Waals surface area contributed by atoms with Gasteiger partial charge in [0, 0.05) is 11.4 Å². The minimum Gasteiger partial charge on any atom is -0.496 e. The van der Waals surface area contributed by atoms with E-state index in [-0.39, 0.29) is 17.7 Å². The molecule has 0 aliphatic rings. The standard InChI is InChI=1S/C20H22N4O2S2/c1-4-11-24-19(15-8-5-6-9-16(15)26-3)22-23-20(24)28-13-18(25)21-14(2)17-10-7-12-27-17/h4-10,12,14H,1,11,13H2,2-3H3,(H,21,25)/t14-/m1/s1. The third-order valence-corrected chi connectivity index (χ3v) is 6.08. The van der Waals surface area contributed by atoms with E-state index < -0.39 is 0 Å². The fraction of sp³-hybridized carbons (Fsp3) is 0.250. The predicted octanol–water partition coefficient (Wildman–Crippen LogP) is 4.17. The number of methoxy groups -OCH3 is 1. The Labute approximate surface area is 172 Å². The number of carbonyl (C=O) groups excluding carboxylic acids is 1. The van der Waals surface area contributed by atoms with Gasteiger partial charge in [-0.15, -0.1) is 28.1 Å². The fourth-order valence-electron chi connectivity index (χ4n) is 2.74. The molecule has 0 unspecified atom stereocenters. The number of hydrogen-bond acceptors (Lipinski definition) is 6. The number of ether oxygens (including phenoxy) is 1. The number of nitrogens with zero attached hydrogens (tertiary/aromatic N) is 3. The first kappa shape index (κ1) is 20.2. The highest BCUT2D eigenvalue weighted by Gasteiger charge is 2.18. The molecule has 2 aromatic heterocycles. The Morgan fingerprint density at radius 1 is 1.36 bits per heavy atom. The number of nitrogens with one attached hydrogen (secondary N) is 1. The lowest BCUT2D eigenvalue weighted by Crippen LogP contribution is -2.27. The molecule has 0 radical (unpaired) electrons. The SMILES string of the molecule is C=CCn1c(SCC(=O)N[C@H](C)c2cccs2)nnc1-c1ccccc1OC. The van der Waals surface area contributed by atoms with Gasteiger partial charge in [-0.25, -0.2) is 0 Å². The van der Waals surface area contributed by atoms with Crippen LogP contribution in [0.1, 0.15) is 17.8 Å². The van der Waals surface area contributed by atoms with Crippen LogP contribution in [0.2, 0.25) is 0 Å². The van der Waals surface area contributed by atoms with Gasteiger partial charge in [-0.1, -0.05) is 36.0 Å². The van der Waals surface area contributed by atoms with Crippen LogP contribution in [0.15, 0.2) is 59.6 Å². The van der Waals surface area contributed by atoms with E-state index in [1.165, 1.54) is 11.8 Å². The molecule has 2 heterocycles. The van der Waals surface area contributed by atoms with Gasteiger partial charge in [0.05, 0.1) is 24.5 Å². The number of thiophene rings is 1. The molecule has 0 saturated heterocycles. The maximum Gasteiger partial charge on any atom is 0.230 e. The number of benzene rings is 1. The highest BCUT2D eigenvalue weighted by atomic mass is 32.2. The molecule has 6 nitrogen and oxygen atoms in total. The van der Waals surface area contributed by atoms with Crippen molar-refractivity contribution in [3.63, 3.8) is 0 Å². The van der Waals surface area contributed by atoms with Gasteiger partial charge < -0.3 is 10.1 Å². The summed E-state index contributed by atoms with van der Waals surface area (Å²) < 4.78 is 7.38. The number of carbonyl (C=O) groups is 1. The number of rotatable bonds is 9. The van der Waals surface area contributed by atoms with E-state index in [2.05, 4.69) is 22.1 Å². The van der Waals surface area contributed by atoms with Crippen LogP contribution in [0.3, 0.4) is 0 Å². The minimum atomic E-state index is -0.0436. The molecule has 1 amide bonds. The molecule has 0 bridgehead atoms. The molecule has 1 N–H and O–H groups in total. The summed E-state index contributed by atoms with van der Waals surface area (Å²) in [6, 6.07) is 11.6. The molecule has 0 spiro atoms. The zero-order chi connectivity index (χ0) is 19.9. The molecular weight excluding hydrogens is 392 g/mol. The van der Waals surface area contributed by atoms with Gasteiger partial charge in [-0.05, 0) is 30.5 Å². The van der Waals surface area contributed by atoms with Gasteiger partial charge in [-0.3, -0.25) is 9.36 Å². The van der Waals surface area contributed by atoms with Crippen LogP contribution in [0.4, 0.5) is 0 Å². The van der Waals surface area contributed by atoms with E-state index in [1.807, 2.05) is 53.3 Å². The second kappa shape index (κ2) is 9.57. The number of amides is 1. The lowest BCUT2D eigenvalue weighted by molar-refractivity contribution is -0.119. The largest absolute Gasteiger partial charge is 0.496 e. The Balaban J connectivity index is 1.73. The average Bonchev–Trinajstić information content (AvgIpc) is 3.37. The van der Waals surface area contributed by atoms with Crippen molar-refractivity contribution in [2.45, 2.75) is 24.7 Å². The number of thioether (sulfide) groups is 1. The first-order valence-corrected chi connectivity index (χ1v) is 10.6. The maximum atomic E-state index is 12.3. The van der Waals surface area contributed by atoms with Crippen molar-refractivity contribution in [3.05, 3.63) is 59.3 Å².